The third-order valence-corrected chi connectivity index (χ3v) is 6.15. The van der Waals surface area contributed by atoms with Crippen LogP contribution < -0.4 is 0 Å². The highest BCUT2D eigenvalue weighted by atomic mass is 19.1. The first-order chi connectivity index (χ1) is 11.2. The van der Waals surface area contributed by atoms with Crippen LogP contribution in [0.25, 0.3) is 0 Å². The molecule has 0 radical (unpaired) electrons. The van der Waals surface area contributed by atoms with Gasteiger partial charge in [-0.1, -0.05) is 18.2 Å². The minimum Gasteiger partial charge on any atom is -0.370 e. The fraction of sp³-hybridized carbons (Fsp3) is 0.632. The largest absolute Gasteiger partial charge is 0.370 e. The molecule has 1 saturated heterocycles. The highest BCUT2D eigenvalue weighted by Gasteiger charge is 2.48. The van der Waals surface area contributed by atoms with Gasteiger partial charge >= 0.3 is 0 Å². The first kappa shape index (κ1) is 15.1. The molecule has 124 valence electrons. The lowest BCUT2D eigenvalue weighted by atomic mass is 9.60. The molecule has 2 bridgehead atoms. The maximum absolute atomic E-state index is 14.0. The number of benzene rings is 1. The molecule has 3 saturated carbocycles. The van der Waals surface area contributed by atoms with Crippen molar-refractivity contribution < 1.29 is 13.9 Å². The Kier molecular flexibility index (Phi) is 3.88. The molecule has 0 aromatic heterocycles. The number of amides is 1. The number of fused-ring (bicyclic) bond motifs is 3. The summed E-state index contributed by atoms with van der Waals surface area (Å²) in [5, 5.41) is 0. The molecule has 0 N–H and O–H groups in total. The van der Waals surface area contributed by atoms with E-state index in [-0.39, 0.29) is 17.3 Å². The van der Waals surface area contributed by atoms with Gasteiger partial charge in [0.15, 0.2) is 0 Å². The number of halogens is 1. The van der Waals surface area contributed by atoms with Crippen molar-refractivity contribution in [3.63, 3.8) is 0 Å². The normalized spacial score (nSPS) is 33.7. The number of carbonyl (C=O) groups excluding carboxylic acids is 1. The van der Waals surface area contributed by atoms with Crippen molar-refractivity contribution in [2.24, 2.45) is 11.3 Å². The summed E-state index contributed by atoms with van der Waals surface area (Å²) in [6, 6.07) is 6.73. The minimum absolute atomic E-state index is 0.133. The molecule has 1 amide bonds. The molecule has 1 heterocycles. The minimum atomic E-state index is -0.342. The van der Waals surface area contributed by atoms with E-state index in [1.807, 2.05) is 11.0 Å². The van der Waals surface area contributed by atoms with Crippen LogP contribution in [0.4, 0.5) is 4.39 Å². The Morgan fingerprint density at radius 3 is 2.57 bits per heavy atom. The van der Waals surface area contributed by atoms with Crippen LogP contribution in [-0.4, -0.2) is 30.5 Å². The second-order valence-electron chi connectivity index (χ2n) is 7.39. The third kappa shape index (κ3) is 2.67. The van der Waals surface area contributed by atoms with Crippen molar-refractivity contribution in [2.75, 3.05) is 19.7 Å². The number of carbonyl (C=O) groups is 1. The Labute approximate surface area is 136 Å². The van der Waals surface area contributed by atoms with Crippen LogP contribution in [0.5, 0.6) is 0 Å². The molecule has 4 heteroatoms. The first-order valence-electron chi connectivity index (χ1n) is 8.83. The zero-order valence-electron chi connectivity index (χ0n) is 13.5. The van der Waals surface area contributed by atoms with E-state index in [2.05, 4.69) is 0 Å². The van der Waals surface area contributed by atoms with Crippen molar-refractivity contribution in [3.8, 4) is 0 Å². The predicted octanol–water partition coefficient (Wildman–Crippen LogP) is 3.70. The highest BCUT2D eigenvalue weighted by Crippen LogP contribution is 2.51. The van der Waals surface area contributed by atoms with Gasteiger partial charge in [0.2, 0.25) is 5.91 Å². The fourth-order valence-corrected chi connectivity index (χ4v) is 4.66. The molecule has 1 aromatic carbocycles. The summed E-state index contributed by atoms with van der Waals surface area (Å²) >= 11 is 0. The Balaban J connectivity index is 1.51. The standard InChI is InChI=1S/C19H24FNO2/c20-16-4-2-1-3-15(16)17-13-21(11-12-23-17)18(22)19-8-5-14(6-9-19)7-10-19/h1-4,14,17H,5-13H2. The Hall–Kier alpha value is -1.42. The molecule has 5 rings (SSSR count). The number of ether oxygens (including phenoxy) is 1. The fourth-order valence-electron chi connectivity index (χ4n) is 4.66. The van der Waals surface area contributed by atoms with E-state index in [0.29, 0.717) is 31.2 Å². The number of hydrogen-bond donors (Lipinski definition) is 0. The van der Waals surface area contributed by atoms with E-state index in [1.165, 1.54) is 25.3 Å². The average molecular weight is 317 g/mol. The van der Waals surface area contributed by atoms with E-state index >= 15 is 0 Å². The van der Waals surface area contributed by atoms with E-state index in [0.717, 1.165) is 25.2 Å². The SMILES string of the molecule is O=C(N1CCOC(c2ccccc2F)C1)C12CCC(CC1)CC2. The van der Waals surface area contributed by atoms with Crippen molar-refractivity contribution in [3.05, 3.63) is 35.6 Å². The maximum atomic E-state index is 14.0. The summed E-state index contributed by atoms with van der Waals surface area (Å²) in [6.45, 7) is 1.60. The van der Waals surface area contributed by atoms with Gasteiger partial charge in [0.1, 0.15) is 11.9 Å². The highest BCUT2D eigenvalue weighted by molar-refractivity contribution is 5.83. The van der Waals surface area contributed by atoms with E-state index in [9.17, 15) is 9.18 Å². The molecule has 4 fully saturated rings. The lowest BCUT2D eigenvalue weighted by Gasteiger charge is -2.48. The van der Waals surface area contributed by atoms with Gasteiger partial charge < -0.3 is 9.64 Å². The first-order valence-corrected chi connectivity index (χ1v) is 8.83. The van der Waals surface area contributed by atoms with Crippen molar-refractivity contribution in [1.29, 1.82) is 0 Å². The molecule has 4 aliphatic rings. The van der Waals surface area contributed by atoms with Crippen molar-refractivity contribution >= 4 is 5.91 Å². The predicted molar refractivity (Wildman–Crippen MR) is 85.3 cm³/mol. The summed E-state index contributed by atoms with van der Waals surface area (Å²) < 4.78 is 19.8. The van der Waals surface area contributed by atoms with Crippen LogP contribution >= 0.6 is 0 Å². The summed E-state index contributed by atoms with van der Waals surface area (Å²) in [7, 11) is 0. The van der Waals surface area contributed by atoms with Gasteiger partial charge in [-0.05, 0) is 50.5 Å². The summed E-state index contributed by atoms with van der Waals surface area (Å²) in [4.78, 5) is 15.1. The number of morpholine rings is 1. The smallest absolute Gasteiger partial charge is 0.228 e. The van der Waals surface area contributed by atoms with Crippen molar-refractivity contribution in [2.45, 2.75) is 44.6 Å². The summed E-state index contributed by atoms with van der Waals surface area (Å²) in [6.07, 6.45) is 6.38. The van der Waals surface area contributed by atoms with Crippen LogP contribution in [0.2, 0.25) is 0 Å². The quantitative estimate of drug-likeness (QED) is 0.832. The molecule has 3 aliphatic carbocycles. The summed E-state index contributed by atoms with van der Waals surface area (Å²) in [5.41, 5.74) is 0.432. The van der Waals surface area contributed by atoms with E-state index < -0.39 is 0 Å². The molecule has 0 spiro atoms. The molecule has 1 aromatic rings. The second-order valence-corrected chi connectivity index (χ2v) is 7.39. The lowest BCUT2D eigenvalue weighted by molar-refractivity contribution is -0.156. The van der Waals surface area contributed by atoms with Crippen LogP contribution in [0, 0.1) is 17.2 Å². The Morgan fingerprint density at radius 2 is 1.87 bits per heavy atom. The van der Waals surface area contributed by atoms with Crippen LogP contribution in [-0.2, 0) is 9.53 Å². The monoisotopic (exact) mass is 317 g/mol. The van der Waals surface area contributed by atoms with Gasteiger partial charge in [-0.15, -0.1) is 0 Å². The van der Waals surface area contributed by atoms with Gasteiger partial charge in [0, 0.05) is 17.5 Å². The second kappa shape index (κ2) is 5.90. The van der Waals surface area contributed by atoms with Gasteiger partial charge in [0.25, 0.3) is 0 Å². The maximum Gasteiger partial charge on any atom is 0.228 e. The molecule has 3 nitrogen and oxygen atoms in total. The van der Waals surface area contributed by atoms with Crippen molar-refractivity contribution in [1.82, 2.24) is 4.90 Å². The zero-order valence-corrected chi connectivity index (χ0v) is 13.5. The Bertz CT molecular complexity index is 581. The number of rotatable bonds is 2. The molecule has 1 atom stereocenters. The third-order valence-electron chi connectivity index (χ3n) is 6.15. The average Bonchev–Trinajstić information content (AvgIpc) is 2.63. The summed E-state index contributed by atoms with van der Waals surface area (Å²) in [5.74, 6) is 0.893. The van der Waals surface area contributed by atoms with Gasteiger partial charge in [-0.2, -0.15) is 0 Å². The van der Waals surface area contributed by atoms with E-state index in [4.69, 9.17) is 4.74 Å². The van der Waals surface area contributed by atoms with Gasteiger partial charge in [0.05, 0.1) is 13.2 Å². The van der Waals surface area contributed by atoms with Crippen LogP contribution in [0.15, 0.2) is 24.3 Å². The van der Waals surface area contributed by atoms with Gasteiger partial charge in [-0.25, -0.2) is 4.39 Å². The molecular weight excluding hydrogens is 293 g/mol. The van der Waals surface area contributed by atoms with Crippen LogP contribution in [0.3, 0.4) is 0 Å². The molecule has 23 heavy (non-hydrogen) atoms. The molecule has 1 aliphatic heterocycles. The number of nitrogens with zero attached hydrogens (tertiary/aromatic N) is 1. The van der Waals surface area contributed by atoms with Crippen LogP contribution in [0.1, 0.15) is 50.2 Å². The molecular formula is C19H24FNO2. The van der Waals surface area contributed by atoms with Gasteiger partial charge in [-0.3, -0.25) is 4.79 Å². The topological polar surface area (TPSA) is 29.5 Å². The zero-order chi connectivity index (χ0) is 15.9. The lowest BCUT2D eigenvalue weighted by Crippen LogP contribution is -2.52. The van der Waals surface area contributed by atoms with E-state index in [1.54, 1.807) is 12.1 Å². The number of hydrogen-bond acceptors (Lipinski definition) is 2. The Morgan fingerprint density at radius 1 is 1.17 bits per heavy atom. The molecule has 1 unspecified atom stereocenters.